The quantitative estimate of drug-likeness (QED) is 0.662. The Morgan fingerprint density at radius 2 is 1.86 bits per heavy atom. The highest BCUT2D eigenvalue weighted by Gasteiger charge is 2.31. The van der Waals surface area contributed by atoms with Crippen molar-refractivity contribution in [1.82, 2.24) is 9.21 Å². The van der Waals surface area contributed by atoms with E-state index >= 15 is 0 Å². The summed E-state index contributed by atoms with van der Waals surface area (Å²) in [5.74, 6) is -0.946. The van der Waals surface area contributed by atoms with E-state index in [9.17, 15) is 18.0 Å². The Morgan fingerprint density at radius 1 is 1.33 bits per heavy atom. The molecule has 0 aromatic rings. The molecule has 0 saturated carbocycles. The number of hydrogen-bond acceptors (Lipinski definition) is 5. The van der Waals surface area contributed by atoms with E-state index in [2.05, 4.69) is 4.74 Å². The second-order valence-electron chi connectivity index (χ2n) is 5.58. The molecule has 8 heteroatoms. The number of nitrogens with zero attached hydrogens (tertiary/aromatic N) is 2. The van der Waals surface area contributed by atoms with Crippen molar-refractivity contribution in [2.75, 3.05) is 40.0 Å². The molecular formula is C13H24N2O5S. The van der Waals surface area contributed by atoms with Gasteiger partial charge in [-0.15, -0.1) is 0 Å². The molecule has 1 fully saturated rings. The summed E-state index contributed by atoms with van der Waals surface area (Å²) in [6.45, 7) is 2.75. The Bertz CT molecular complexity index is 483. The summed E-state index contributed by atoms with van der Waals surface area (Å²) in [5, 5.41) is 0. The van der Waals surface area contributed by atoms with Gasteiger partial charge in [0.05, 0.1) is 19.3 Å². The molecule has 1 saturated heterocycles. The van der Waals surface area contributed by atoms with Crippen LogP contribution in [0.4, 0.5) is 0 Å². The topological polar surface area (TPSA) is 84.0 Å². The number of sulfonamides is 1. The second kappa shape index (κ2) is 7.22. The van der Waals surface area contributed by atoms with Crippen molar-refractivity contribution in [1.29, 1.82) is 0 Å². The average molecular weight is 320 g/mol. The minimum absolute atomic E-state index is 0.0427. The van der Waals surface area contributed by atoms with Crippen LogP contribution in [0.1, 0.15) is 19.8 Å². The Morgan fingerprint density at radius 3 is 2.29 bits per heavy atom. The monoisotopic (exact) mass is 320 g/mol. The molecule has 1 rings (SSSR count). The molecule has 0 aromatic heterocycles. The van der Waals surface area contributed by atoms with Gasteiger partial charge in [0.25, 0.3) is 0 Å². The normalized spacial score (nSPS) is 19.0. The Labute approximate surface area is 126 Å². The maximum atomic E-state index is 12.3. The fourth-order valence-electron chi connectivity index (χ4n) is 2.52. The minimum atomic E-state index is -3.18. The van der Waals surface area contributed by atoms with Crippen LogP contribution in [-0.2, 0) is 24.3 Å². The first-order valence-electron chi connectivity index (χ1n) is 6.94. The molecule has 1 unspecified atom stereocenters. The van der Waals surface area contributed by atoms with E-state index in [0.717, 1.165) is 0 Å². The number of methoxy groups -OCH3 is 1. The Kier molecular flexibility index (Phi) is 6.15. The van der Waals surface area contributed by atoms with Crippen LogP contribution in [0.25, 0.3) is 0 Å². The smallest absolute Gasteiger partial charge is 0.310 e. The van der Waals surface area contributed by atoms with Crippen molar-refractivity contribution in [2.45, 2.75) is 19.8 Å². The van der Waals surface area contributed by atoms with Crippen LogP contribution in [0.3, 0.4) is 0 Å². The van der Waals surface area contributed by atoms with E-state index in [1.807, 2.05) is 0 Å². The van der Waals surface area contributed by atoms with Crippen molar-refractivity contribution in [2.24, 2.45) is 11.8 Å². The number of hydrogen-bond donors (Lipinski definition) is 0. The highest BCUT2D eigenvalue weighted by Crippen LogP contribution is 2.21. The van der Waals surface area contributed by atoms with Crippen LogP contribution >= 0.6 is 0 Å². The second-order valence-corrected chi connectivity index (χ2v) is 7.56. The molecule has 0 N–H and O–H groups in total. The first-order valence-corrected chi connectivity index (χ1v) is 8.79. The Hall–Kier alpha value is -1.15. The fourth-order valence-corrected chi connectivity index (χ4v) is 3.40. The lowest BCUT2D eigenvalue weighted by atomic mass is 9.96. The highest BCUT2D eigenvalue weighted by atomic mass is 32.2. The van der Waals surface area contributed by atoms with Gasteiger partial charge >= 0.3 is 5.97 Å². The Balaban J connectivity index is 2.52. The summed E-state index contributed by atoms with van der Waals surface area (Å²) in [4.78, 5) is 25.2. The molecule has 21 heavy (non-hydrogen) atoms. The maximum absolute atomic E-state index is 12.3. The summed E-state index contributed by atoms with van der Waals surface area (Å²) < 4.78 is 28.9. The molecule has 122 valence electrons. The molecule has 1 aliphatic rings. The number of esters is 1. The molecule has 0 aromatic carbocycles. The molecular weight excluding hydrogens is 296 g/mol. The SMILES string of the molecule is COC(=O)C(C)CN(C)C(=O)C1CCN(S(C)(=O)=O)CC1. The van der Waals surface area contributed by atoms with Crippen LogP contribution < -0.4 is 0 Å². The van der Waals surface area contributed by atoms with Crippen molar-refractivity contribution in [3.8, 4) is 0 Å². The van der Waals surface area contributed by atoms with E-state index in [1.54, 1.807) is 14.0 Å². The van der Waals surface area contributed by atoms with E-state index in [-0.39, 0.29) is 23.7 Å². The first-order chi connectivity index (χ1) is 9.66. The third-order valence-electron chi connectivity index (χ3n) is 3.80. The van der Waals surface area contributed by atoms with Crippen LogP contribution in [0.15, 0.2) is 0 Å². The van der Waals surface area contributed by atoms with Crippen molar-refractivity contribution >= 4 is 21.9 Å². The first kappa shape index (κ1) is 17.9. The third-order valence-corrected chi connectivity index (χ3v) is 5.10. The lowest BCUT2D eigenvalue weighted by Crippen LogP contribution is -2.44. The van der Waals surface area contributed by atoms with Gasteiger partial charge in [0.1, 0.15) is 0 Å². The summed E-state index contributed by atoms with van der Waals surface area (Å²) in [6.07, 6.45) is 2.21. The number of carbonyl (C=O) groups is 2. The average Bonchev–Trinajstić information content (AvgIpc) is 2.44. The molecule has 0 spiro atoms. The summed E-state index contributed by atoms with van der Waals surface area (Å²) in [7, 11) is -0.203. The number of ether oxygens (including phenoxy) is 1. The molecule has 7 nitrogen and oxygen atoms in total. The summed E-state index contributed by atoms with van der Waals surface area (Å²) in [6, 6.07) is 0. The van der Waals surface area contributed by atoms with Gasteiger partial charge in [-0.05, 0) is 12.8 Å². The van der Waals surface area contributed by atoms with E-state index in [4.69, 9.17) is 0 Å². The molecule has 0 radical (unpaired) electrons. The largest absolute Gasteiger partial charge is 0.469 e. The zero-order valence-electron chi connectivity index (χ0n) is 13.0. The lowest BCUT2D eigenvalue weighted by molar-refractivity contribution is -0.146. The number of carbonyl (C=O) groups excluding carboxylic acids is 2. The van der Waals surface area contributed by atoms with Gasteiger partial charge in [0.15, 0.2) is 0 Å². The summed E-state index contributed by atoms with van der Waals surface area (Å²) >= 11 is 0. The molecule has 1 amide bonds. The number of piperidine rings is 1. The van der Waals surface area contributed by atoms with Crippen LogP contribution in [-0.4, -0.2) is 69.5 Å². The van der Waals surface area contributed by atoms with E-state index in [0.29, 0.717) is 32.5 Å². The van der Waals surface area contributed by atoms with Gasteiger partial charge in [-0.3, -0.25) is 9.59 Å². The predicted molar refractivity (Wildman–Crippen MR) is 78.0 cm³/mol. The predicted octanol–water partition coefficient (Wildman–Crippen LogP) is -0.0745. The molecule has 1 aliphatic heterocycles. The maximum Gasteiger partial charge on any atom is 0.310 e. The zero-order valence-corrected chi connectivity index (χ0v) is 13.9. The standard InChI is InChI=1S/C13H24N2O5S/c1-10(13(17)20-3)9-14(2)12(16)11-5-7-15(8-6-11)21(4,18)19/h10-11H,5-9H2,1-4H3. The van der Waals surface area contributed by atoms with Gasteiger partial charge in [-0.2, -0.15) is 0 Å². The van der Waals surface area contributed by atoms with Gasteiger partial charge in [0.2, 0.25) is 15.9 Å². The highest BCUT2D eigenvalue weighted by molar-refractivity contribution is 7.88. The zero-order chi connectivity index (χ0) is 16.2. The van der Waals surface area contributed by atoms with Gasteiger partial charge in [-0.25, -0.2) is 12.7 Å². The van der Waals surface area contributed by atoms with Crippen LogP contribution in [0.2, 0.25) is 0 Å². The van der Waals surface area contributed by atoms with Crippen LogP contribution in [0.5, 0.6) is 0 Å². The molecule has 0 aliphatic carbocycles. The lowest BCUT2D eigenvalue weighted by Gasteiger charge is -2.32. The number of rotatable bonds is 5. The van der Waals surface area contributed by atoms with Gasteiger partial charge < -0.3 is 9.64 Å². The van der Waals surface area contributed by atoms with Gasteiger partial charge in [0, 0.05) is 32.6 Å². The third kappa shape index (κ3) is 4.96. The molecule has 1 heterocycles. The molecule has 1 atom stereocenters. The van der Waals surface area contributed by atoms with Crippen molar-refractivity contribution in [3.63, 3.8) is 0 Å². The van der Waals surface area contributed by atoms with Gasteiger partial charge in [-0.1, -0.05) is 6.92 Å². The van der Waals surface area contributed by atoms with E-state index < -0.39 is 10.0 Å². The minimum Gasteiger partial charge on any atom is -0.469 e. The van der Waals surface area contributed by atoms with Crippen molar-refractivity contribution in [3.05, 3.63) is 0 Å². The van der Waals surface area contributed by atoms with E-state index in [1.165, 1.54) is 22.6 Å². The molecule has 0 bridgehead atoms. The van der Waals surface area contributed by atoms with Crippen LogP contribution in [0, 0.1) is 11.8 Å². The van der Waals surface area contributed by atoms with Crippen molar-refractivity contribution < 1.29 is 22.7 Å². The number of amides is 1. The fraction of sp³-hybridized carbons (Fsp3) is 0.846. The summed E-state index contributed by atoms with van der Waals surface area (Å²) in [5.41, 5.74) is 0.